The Morgan fingerprint density at radius 2 is 1.67 bits per heavy atom. The van der Waals surface area contributed by atoms with Crippen molar-refractivity contribution in [2.75, 3.05) is 18.9 Å². The Bertz CT molecular complexity index is 745. The number of carbonyl (C=O) groups excluding carboxylic acids is 2. The molecule has 0 aromatic heterocycles. The van der Waals surface area contributed by atoms with Crippen LogP contribution in [0.1, 0.15) is 31.2 Å². The summed E-state index contributed by atoms with van der Waals surface area (Å²) in [6.07, 6.45) is 3.45. The van der Waals surface area contributed by atoms with Gasteiger partial charge in [0.2, 0.25) is 0 Å². The fourth-order valence-electron chi connectivity index (χ4n) is 3.23. The molecule has 4 nitrogen and oxygen atoms in total. The average Bonchev–Trinajstić information content (AvgIpc) is 2.67. The first-order valence-electron chi connectivity index (χ1n) is 9.38. The Kier molecular flexibility index (Phi) is 6.93. The number of hydrogen-bond acceptors (Lipinski definition) is 4. The highest BCUT2D eigenvalue weighted by Gasteiger charge is 2.47. The Labute approximate surface area is 164 Å². The van der Waals surface area contributed by atoms with Crippen LogP contribution < -0.4 is 5.32 Å². The van der Waals surface area contributed by atoms with Crippen molar-refractivity contribution in [3.63, 3.8) is 0 Å². The van der Waals surface area contributed by atoms with E-state index in [0.29, 0.717) is 6.54 Å². The van der Waals surface area contributed by atoms with Crippen molar-refractivity contribution >= 4 is 23.6 Å². The Morgan fingerprint density at radius 1 is 1.00 bits per heavy atom. The van der Waals surface area contributed by atoms with Gasteiger partial charge in [-0.2, -0.15) is 0 Å². The first kappa shape index (κ1) is 19.5. The summed E-state index contributed by atoms with van der Waals surface area (Å²) in [7, 11) is 0. The molecule has 0 unspecified atom stereocenters. The summed E-state index contributed by atoms with van der Waals surface area (Å²) in [6, 6.07) is 19.9. The van der Waals surface area contributed by atoms with Gasteiger partial charge in [0.15, 0.2) is 6.61 Å². The van der Waals surface area contributed by atoms with Gasteiger partial charge in [0.05, 0.1) is 5.41 Å². The summed E-state index contributed by atoms with van der Waals surface area (Å²) < 4.78 is 5.34. The zero-order valence-electron chi connectivity index (χ0n) is 15.4. The molecule has 2 aromatic rings. The number of amides is 1. The molecule has 5 heteroatoms. The van der Waals surface area contributed by atoms with Gasteiger partial charge in [-0.25, -0.2) is 0 Å². The summed E-state index contributed by atoms with van der Waals surface area (Å²) in [5.74, 6) is 0.409. The fraction of sp³-hybridized carbons (Fsp3) is 0.364. The molecule has 0 spiro atoms. The highest BCUT2D eigenvalue weighted by atomic mass is 32.2. The van der Waals surface area contributed by atoms with Crippen LogP contribution in [0.3, 0.4) is 0 Å². The van der Waals surface area contributed by atoms with Crippen molar-refractivity contribution in [2.24, 2.45) is 0 Å². The van der Waals surface area contributed by atoms with E-state index in [0.717, 1.165) is 37.0 Å². The number of hydrogen-bond donors (Lipinski definition) is 1. The van der Waals surface area contributed by atoms with E-state index in [1.54, 1.807) is 11.8 Å². The molecule has 0 bridgehead atoms. The smallest absolute Gasteiger partial charge is 0.317 e. The molecule has 0 heterocycles. The Morgan fingerprint density at radius 3 is 2.30 bits per heavy atom. The predicted octanol–water partition coefficient (Wildman–Crippen LogP) is 3.95. The highest BCUT2D eigenvalue weighted by molar-refractivity contribution is 7.99. The van der Waals surface area contributed by atoms with Gasteiger partial charge >= 0.3 is 5.97 Å². The van der Waals surface area contributed by atoms with Crippen molar-refractivity contribution in [2.45, 2.75) is 36.0 Å². The maximum atomic E-state index is 12.6. The second kappa shape index (κ2) is 9.60. The van der Waals surface area contributed by atoms with Crippen molar-refractivity contribution in [3.05, 3.63) is 66.2 Å². The standard InChI is InChI=1S/C22H25NO3S/c24-20(23-15-8-16-27-19-11-5-2-6-12-19)17-26-21(25)22(13-7-14-22)18-9-3-1-4-10-18/h1-6,9-12H,7-8,13-17H2,(H,23,24). The SMILES string of the molecule is O=C(COC(=O)C1(c2ccccc2)CCC1)NCCCSc1ccccc1. The number of thioether (sulfide) groups is 1. The normalized spacial score (nSPS) is 14.8. The fourth-order valence-corrected chi connectivity index (χ4v) is 4.10. The maximum Gasteiger partial charge on any atom is 0.317 e. The van der Waals surface area contributed by atoms with Crippen molar-refractivity contribution in [1.82, 2.24) is 5.32 Å². The van der Waals surface area contributed by atoms with Gasteiger partial charge in [0.1, 0.15) is 0 Å². The molecule has 3 rings (SSSR count). The molecule has 0 saturated heterocycles. The molecular weight excluding hydrogens is 358 g/mol. The van der Waals surface area contributed by atoms with E-state index in [1.165, 1.54) is 4.90 Å². The highest BCUT2D eigenvalue weighted by Crippen LogP contribution is 2.44. The monoisotopic (exact) mass is 383 g/mol. The first-order chi connectivity index (χ1) is 13.2. The van der Waals surface area contributed by atoms with E-state index in [1.807, 2.05) is 48.5 Å². The Hall–Kier alpha value is -2.27. The van der Waals surface area contributed by atoms with Gasteiger partial charge in [-0.3, -0.25) is 9.59 Å². The molecule has 1 saturated carbocycles. The number of carbonyl (C=O) groups is 2. The van der Waals surface area contributed by atoms with Crippen molar-refractivity contribution in [3.8, 4) is 0 Å². The second-order valence-corrected chi connectivity index (χ2v) is 7.91. The van der Waals surface area contributed by atoms with Crippen LogP contribution in [0.25, 0.3) is 0 Å². The van der Waals surface area contributed by atoms with E-state index in [2.05, 4.69) is 17.4 Å². The molecule has 1 aliphatic carbocycles. The minimum atomic E-state index is -0.562. The summed E-state index contributed by atoms with van der Waals surface area (Å²) in [4.78, 5) is 25.8. The number of rotatable bonds is 9. The average molecular weight is 384 g/mol. The predicted molar refractivity (Wildman–Crippen MR) is 108 cm³/mol. The zero-order valence-corrected chi connectivity index (χ0v) is 16.2. The largest absolute Gasteiger partial charge is 0.455 e. The second-order valence-electron chi connectivity index (χ2n) is 6.74. The van der Waals surface area contributed by atoms with E-state index in [4.69, 9.17) is 4.74 Å². The molecule has 1 aliphatic rings. The van der Waals surface area contributed by atoms with Gasteiger partial charge in [0.25, 0.3) is 5.91 Å². The first-order valence-corrected chi connectivity index (χ1v) is 10.4. The van der Waals surface area contributed by atoms with Crippen LogP contribution in [0.5, 0.6) is 0 Å². The lowest BCUT2D eigenvalue weighted by atomic mass is 9.64. The number of ether oxygens (including phenoxy) is 1. The van der Waals surface area contributed by atoms with Gasteiger partial charge in [-0.1, -0.05) is 55.0 Å². The van der Waals surface area contributed by atoms with Crippen LogP contribution in [0.2, 0.25) is 0 Å². The molecular formula is C22H25NO3S. The van der Waals surface area contributed by atoms with Crippen LogP contribution >= 0.6 is 11.8 Å². The summed E-state index contributed by atoms with van der Waals surface area (Å²) >= 11 is 1.77. The van der Waals surface area contributed by atoms with E-state index >= 15 is 0 Å². The van der Waals surface area contributed by atoms with Gasteiger partial charge in [-0.05, 0) is 42.7 Å². The van der Waals surface area contributed by atoms with Gasteiger partial charge in [-0.15, -0.1) is 11.8 Å². The van der Waals surface area contributed by atoms with E-state index in [-0.39, 0.29) is 18.5 Å². The van der Waals surface area contributed by atoms with Crippen molar-refractivity contribution in [1.29, 1.82) is 0 Å². The third-order valence-corrected chi connectivity index (χ3v) is 6.01. The minimum absolute atomic E-state index is 0.209. The quantitative estimate of drug-likeness (QED) is 0.405. The van der Waals surface area contributed by atoms with Crippen LogP contribution in [0.15, 0.2) is 65.6 Å². The maximum absolute atomic E-state index is 12.6. The topological polar surface area (TPSA) is 55.4 Å². The molecule has 0 aliphatic heterocycles. The van der Waals surface area contributed by atoms with Crippen molar-refractivity contribution < 1.29 is 14.3 Å². The van der Waals surface area contributed by atoms with Gasteiger partial charge in [0, 0.05) is 11.4 Å². The molecule has 142 valence electrons. The lowest BCUT2D eigenvalue weighted by Gasteiger charge is -2.39. The van der Waals surface area contributed by atoms with E-state index < -0.39 is 5.41 Å². The van der Waals surface area contributed by atoms with Gasteiger partial charge < -0.3 is 10.1 Å². The lowest BCUT2D eigenvalue weighted by molar-refractivity contribution is -0.157. The molecule has 1 N–H and O–H groups in total. The summed E-state index contributed by atoms with van der Waals surface area (Å²) in [5, 5.41) is 2.82. The minimum Gasteiger partial charge on any atom is -0.455 e. The molecule has 1 amide bonds. The van der Waals surface area contributed by atoms with Crippen LogP contribution in [0, 0.1) is 0 Å². The van der Waals surface area contributed by atoms with E-state index in [9.17, 15) is 9.59 Å². The summed E-state index contributed by atoms with van der Waals surface area (Å²) in [5.41, 5.74) is 0.424. The molecule has 0 radical (unpaired) electrons. The van der Waals surface area contributed by atoms with Crippen LogP contribution in [-0.2, 0) is 19.7 Å². The Balaban J connectivity index is 1.36. The molecule has 2 aromatic carbocycles. The third kappa shape index (κ3) is 5.13. The number of esters is 1. The van der Waals surface area contributed by atoms with Crippen LogP contribution in [-0.4, -0.2) is 30.8 Å². The number of nitrogens with one attached hydrogen (secondary N) is 1. The third-order valence-electron chi connectivity index (χ3n) is 4.91. The molecule has 27 heavy (non-hydrogen) atoms. The lowest BCUT2D eigenvalue weighted by Crippen LogP contribution is -2.44. The molecule has 1 fully saturated rings. The zero-order chi connectivity index (χ0) is 19.0. The summed E-state index contributed by atoms with van der Waals surface area (Å²) in [6.45, 7) is 0.374. The number of benzene rings is 2. The van der Waals surface area contributed by atoms with Crippen LogP contribution in [0.4, 0.5) is 0 Å². The molecule has 0 atom stereocenters.